The lowest BCUT2D eigenvalue weighted by Gasteiger charge is -2.03. The molecular formula is C16H11Cl2N3O. The molecule has 22 heavy (non-hydrogen) atoms. The molecular weight excluding hydrogens is 321 g/mol. The number of rotatable bonds is 4. The highest BCUT2D eigenvalue weighted by atomic mass is 35.5. The zero-order valence-electron chi connectivity index (χ0n) is 11.4. The lowest BCUT2D eigenvalue weighted by atomic mass is 10.1. The minimum atomic E-state index is -0.152. The van der Waals surface area contributed by atoms with Gasteiger partial charge in [0.15, 0.2) is 0 Å². The van der Waals surface area contributed by atoms with Crippen molar-refractivity contribution in [3.63, 3.8) is 0 Å². The lowest BCUT2D eigenvalue weighted by Crippen LogP contribution is -2.06. The number of hydrogen-bond acceptors (Lipinski definition) is 3. The van der Waals surface area contributed by atoms with Crippen molar-refractivity contribution in [2.75, 3.05) is 0 Å². The fourth-order valence-corrected chi connectivity index (χ4v) is 2.36. The van der Waals surface area contributed by atoms with E-state index in [9.17, 15) is 4.79 Å². The summed E-state index contributed by atoms with van der Waals surface area (Å²) < 4.78 is 1.68. The summed E-state index contributed by atoms with van der Waals surface area (Å²) >= 11 is 11.9. The molecule has 4 nitrogen and oxygen atoms in total. The van der Waals surface area contributed by atoms with E-state index in [1.165, 1.54) is 6.20 Å². The summed E-state index contributed by atoms with van der Waals surface area (Å²) in [5.41, 5.74) is 1.85. The van der Waals surface area contributed by atoms with Crippen LogP contribution in [0.3, 0.4) is 0 Å². The molecule has 2 aromatic heterocycles. The van der Waals surface area contributed by atoms with Crippen molar-refractivity contribution in [3.05, 3.63) is 81.9 Å². The molecule has 0 unspecified atom stereocenters. The summed E-state index contributed by atoms with van der Waals surface area (Å²) in [4.78, 5) is 16.2. The Bertz CT molecular complexity index is 815. The van der Waals surface area contributed by atoms with E-state index in [0.29, 0.717) is 27.8 Å². The summed E-state index contributed by atoms with van der Waals surface area (Å²) in [5.74, 6) is -0.152. The van der Waals surface area contributed by atoms with Crippen molar-refractivity contribution >= 4 is 29.0 Å². The predicted octanol–water partition coefficient (Wildman–Crippen LogP) is 3.86. The van der Waals surface area contributed by atoms with Crippen LogP contribution in [0.4, 0.5) is 0 Å². The van der Waals surface area contributed by atoms with Crippen LogP contribution in [0.5, 0.6) is 0 Å². The van der Waals surface area contributed by atoms with Gasteiger partial charge in [0.2, 0.25) is 5.78 Å². The van der Waals surface area contributed by atoms with Crippen LogP contribution < -0.4 is 0 Å². The van der Waals surface area contributed by atoms with Gasteiger partial charge in [-0.2, -0.15) is 5.10 Å². The van der Waals surface area contributed by atoms with Gasteiger partial charge in [0.1, 0.15) is 5.69 Å². The Morgan fingerprint density at radius 2 is 2.00 bits per heavy atom. The standard InChI is InChI=1S/C16H11Cl2N3O/c17-13-4-3-11(8-14(13)18)10-21-7-5-15(20-21)16(22)12-2-1-6-19-9-12/h1-9H,10H2. The molecule has 0 amide bonds. The first-order chi connectivity index (χ1) is 10.6. The maximum atomic E-state index is 12.3. The number of nitrogens with zero attached hydrogens (tertiary/aromatic N) is 3. The van der Waals surface area contributed by atoms with Crippen molar-refractivity contribution in [1.29, 1.82) is 0 Å². The van der Waals surface area contributed by atoms with E-state index >= 15 is 0 Å². The van der Waals surface area contributed by atoms with Crippen LogP contribution in [-0.4, -0.2) is 20.5 Å². The molecule has 0 bridgehead atoms. The number of benzene rings is 1. The summed E-state index contributed by atoms with van der Waals surface area (Å²) in [7, 11) is 0. The molecule has 0 N–H and O–H groups in total. The Morgan fingerprint density at radius 3 is 2.73 bits per heavy atom. The summed E-state index contributed by atoms with van der Waals surface area (Å²) in [6.07, 6.45) is 4.91. The molecule has 3 rings (SSSR count). The third-order valence-corrected chi connectivity index (χ3v) is 3.86. The van der Waals surface area contributed by atoms with E-state index in [0.717, 1.165) is 5.56 Å². The molecule has 0 atom stereocenters. The van der Waals surface area contributed by atoms with E-state index in [4.69, 9.17) is 23.2 Å². The molecule has 0 aliphatic heterocycles. The van der Waals surface area contributed by atoms with E-state index in [2.05, 4.69) is 10.1 Å². The molecule has 3 aromatic rings. The smallest absolute Gasteiger partial charge is 0.214 e. The van der Waals surface area contributed by atoms with Gasteiger partial charge in [0, 0.05) is 24.2 Å². The van der Waals surface area contributed by atoms with Crippen molar-refractivity contribution in [2.24, 2.45) is 0 Å². The Labute approximate surface area is 137 Å². The SMILES string of the molecule is O=C(c1cccnc1)c1ccn(Cc2ccc(Cl)c(Cl)c2)n1. The van der Waals surface area contributed by atoms with Crippen molar-refractivity contribution in [2.45, 2.75) is 6.54 Å². The van der Waals surface area contributed by atoms with Gasteiger partial charge in [-0.05, 0) is 35.9 Å². The number of carbonyl (C=O) groups excluding carboxylic acids is 1. The third-order valence-electron chi connectivity index (χ3n) is 3.13. The molecule has 1 aromatic carbocycles. The second-order valence-electron chi connectivity index (χ2n) is 4.72. The minimum absolute atomic E-state index is 0.152. The normalized spacial score (nSPS) is 10.6. The van der Waals surface area contributed by atoms with Crippen LogP contribution in [0.25, 0.3) is 0 Å². The maximum absolute atomic E-state index is 12.3. The maximum Gasteiger partial charge on any atom is 0.214 e. The molecule has 0 spiro atoms. The van der Waals surface area contributed by atoms with Gasteiger partial charge < -0.3 is 0 Å². The Kier molecular flexibility index (Phi) is 4.22. The molecule has 0 radical (unpaired) electrons. The van der Waals surface area contributed by atoms with Gasteiger partial charge in [0.05, 0.1) is 16.6 Å². The lowest BCUT2D eigenvalue weighted by molar-refractivity contribution is 0.103. The highest BCUT2D eigenvalue weighted by Crippen LogP contribution is 2.23. The number of hydrogen-bond donors (Lipinski definition) is 0. The molecule has 2 heterocycles. The number of pyridine rings is 1. The molecule has 0 fully saturated rings. The fraction of sp³-hybridized carbons (Fsp3) is 0.0625. The van der Waals surface area contributed by atoms with Gasteiger partial charge >= 0.3 is 0 Å². The number of carbonyl (C=O) groups is 1. The number of halogens is 2. The van der Waals surface area contributed by atoms with Crippen LogP contribution in [0.15, 0.2) is 55.0 Å². The van der Waals surface area contributed by atoms with Gasteiger partial charge in [-0.25, -0.2) is 0 Å². The van der Waals surface area contributed by atoms with E-state index in [1.807, 2.05) is 6.07 Å². The van der Waals surface area contributed by atoms with Gasteiger partial charge in [-0.15, -0.1) is 0 Å². The Hall–Kier alpha value is -2.17. The summed E-state index contributed by atoms with van der Waals surface area (Å²) in [6.45, 7) is 0.511. The quantitative estimate of drug-likeness (QED) is 0.682. The highest BCUT2D eigenvalue weighted by Gasteiger charge is 2.12. The second kappa shape index (κ2) is 6.30. The number of ketones is 1. The van der Waals surface area contributed by atoms with E-state index in [-0.39, 0.29) is 5.78 Å². The zero-order chi connectivity index (χ0) is 15.5. The van der Waals surface area contributed by atoms with Crippen LogP contribution in [-0.2, 0) is 6.54 Å². The van der Waals surface area contributed by atoms with Crippen LogP contribution in [0.2, 0.25) is 10.0 Å². The largest absolute Gasteiger partial charge is 0.287 e. The van der Waals surface area contributed by atoms with E-state index < -0.39 is 0 Å². The van der Waals surface area contributed by atoms with Crippen molar-refractivity contribution < 1.29 is 4.79 Å². The summed E-state index contributed by atoms with van der Waals surface area (Å²) in [5, 5.41) is 5.31. The Morgan fingerprint density at radius 1 is 1.14 bits per heavy atom. The van der Waals surface area contributed by atoms with Gasteiger partial charge in [-0.3, -0.25) is 14.5 Å². The first-order valence-electron chi connectivity index (χ1n) is 6.55. The molecule has 0 saturated heterocycles. The third kappa shape index (κ3) is 3.18. The van der Waals surface area contributed by atoms with Crippen LogP contribution in [0, 0.1) is 0 Å². The topological polar surface area (TPSA) is 47.8 Å². The summed E-state index contributed by atoms with van der Waals surface area (Å²) in [6, 6.07) is 10.5. The highest BCUT2D eigenvalue weighted by molar-refractivity contribution is 6.42. The van der Waals surface area contributed by atoms with Crippen molar-refractivity contribution in [1.82, 2.24) is 14.8 Å². The minimum Gasteiger partial charge on any atom is -0.287 e. The zero-order valence-corrected chi connectivity index (χ0v) is 12.9. The van der Waals surface area contributed by atoms with Crippen molar-refractivity contribution in [3.8, 4) is 0 Å². The van der Waals surface area contributed by atoms with Gasteiger partial charge in [-0.1, -0.05) is 29.3 Å². The average molecular weight is 332 g/mol. The molecule has 0 saturated carbocycles. The molecule has 6 heteroatoms. The molecule has 110 valence electrons. The molecule has 0 aliphatic carbocycles. The first-order valence-corrected chi connectivity index (χ1v) is 7.31. The van der Waals surface area contributed by atoms with Crippen LogP contribution in [0.1, 0.15) is 21.6 Å². The van der Waals surface area contributed by atoms with E-state index in [1.54, 1.807) is 47.4 Å². The van der Waals surface area contributed by atoms with Crippen LogP contribution >= 0.6 is 23.2 Å². The Balaban J connectivity index is 1.79. The first kappa shape index (κ1) is 14.8. The fourth-order valence-electron chi connectivity index (χ4n) is 2.04. The molecule has 0 aliphatic rings. The monoisotopic (exact) mass is 331 g/mol. The average Bonchev–Trinajstić information content (AvgIpc) is 2.99. The number of aromatic nitrogens is 3. The predicted molar refractivity (Wildman–Crippen MR) is 85.5 cm³/mol. The van der Waals surface area contributed by atoms with Gasteiger partial charge in [0.25, 0.3) is 0 Å². The second-order valence-corrected chi connectivity index (χ2v) is 5.53.